The van der Waals surface area contributed by atoms with Gasteiger partial charge >= 0.3 is 0 Å². The molecule has 0 saturated heterocycles. The normalized spacial score (nSPS) is 11.9. The fourth-order valence-electron chi connectivity index (χ4n) is 3.58. The minimum atomic E-state index is -0.254. The molecule has 0 spiro atoms. The Morgan fingerprint density at radius 2 is 1.76 bits per heavy atom. The lowest BCUT2D eigenvalue weighted by atomic mass is 10.1. The van der Waals surface area contributed by atoms with Crippen molar-refractivity contribution in [3.8, 4) is 11.5 Å². The van der Waals surface area contributed by atoms with E-state index in [2.05, 4.69) is 5.32 Å². The minimum Gasteiger partial charge on any atom is -0.493 e. The highest BCUT2D eigenvalue weighted by Gasteiger charge is 2.16. The van der Waals surface area contributed by atoms with E-state index < -0.39 is 0 Å². The Labute approximate surface area is 170 Å². The Morgan fingerprint density at radius 1 is 1.03 bits per heavy atom. The van der Waals surface area contributed by atoms with Crippen LogP contribution in [-0.4, -0.2) is 24.7 Å². The number of benzene rings is 2. The molecular formula is C23H26N2O4. The van der Waals surface area contributed by atoms with E-state index in [1.165, 1.54) is 4.57 Å². The van der Waals surface area contributed by atoms with Crippen molar-refractivity contribution < 1.29 is 14.3 Å². The van der Waals surface area contributed by atoms with Gasteiger partial charge in [-0.05, 0) is 49.6 Å². The number of hydrogen-bond donors (Lipinski definition) is 1. The molecule has 6 heteroatoms. The van der Waals surface area contributed by atoms with Gasteiger partial charge in [-0.2, -0.15) is 0 Å². The molecule has 1 atom stereocenters. The van der Waals surface area contributed by atoms with Gasteiger partial charge in [0.2, 0.25) is 5.91 Å². The molecule has 1 unspecified atom stereocenters. The zero-order valence-electron chi connectivity index (χ0n) is 17.4. The number of rotatable bonds is 6. The van der Waals surface area contributed by atoms with Gasteiger partial charge in [0.15, 0.2) is 11.5 Å². The number of carbonyl (C=O) groups excluding carboxylic acids is 1. The first-order valence-electron chi connectivity index (χ1n) is 9.46. The fraction of sp³-hybridized carbons (Fsp3) is 0.304. The molecule has 0 aliphatic carbocycles. The molecule has 6 nitrogen and oxygen atoms in total. The van der Waals surface area contributed by atoms with E-state index in [4.69, 9.17) is 9.47 Å². The van der Waals surface area contributed by atoms with Crippen molar-refractivity contribution in [2.75, 3.05) is 14.2 Å². The molecule has 0 fully saturated rings. The summed E-state index contributed by atoms with van der Waals surface area (Å²) in [5.41, 5.74) is 3.37. The van der Waals surface area contributed by atoms with E-state index in [1.54, 1.807) is 26.4 Å². The number of fused-ring (bicyclic) bond motifs is 1. The lowest BCUT2D eigenvalue weighted by molar-refractivity contribution is -0.122. The van der Waals surface area contributed by atoms with Crippen LogP contribution in [0.1, 0.15) is 29.7 Å². The SMILES string of the molecule is COc1ccc(C(C)NC(=O)Cn2c(=O)cc(C)c3cccc(C)c32)cc1OC. The predicted octanol–water partition coefficient (Wildman–Crippen LogP) is 3.51. The molecule has 0 saturated carbocycles. The van der Waals surface area contributed by atoms with Crippen molar-refractivity contribution in [1.82, 2.24) is 9.88 Å². The number of carbonyl (C=O) groups is 1. The van der Waals surface area contributed by atoms with Crippen molar-refractivity contribution in [2.24, 2.45) is 0 Å². The van der Waals surface area contributed by atoms with Crippen LogP contribution >= 0.6 is 0 Å². The van der Waals surface area contributed by atoms with Crippen molar-refractivity contribution >= 4 is 16.8 Å². The van der Waals surface area contributed by atoms with Crippen LogP contribution in [0, 0.1) is 13.8 Å². The zero-order valence-corrected chi connectivity index (χ0v) is 17.4. The first-order valence-corrected chi connectivity index (χ1v) is 9.46. The summed E-state index contributed by atoms with van der Waals surface area (Å²) in [6, 6.07) is 12.7. The zero-order chi connectivity index (χ0) is 21.1. The third-order valence-corrected chi connectivity index (χ3v) is 5.13. The van der Waals surface area contributed by atoms with Gasteiger partial charge in [-0.25, -0.2) is 0 Å². The van der Waals surface area contributed by atoms with Gasteiger partial charge in [-0.1, -0.05) is 24.3 Å². The highest BCUT2D eigenvalue weighted by atomic mass is 16.5. The summed E-state index contributed by atoms with van der Waals surface area (Å²) < 4.78 is 12.1. The van der Waals surface area contributed by atoms with E-state index in [0.717, 1.165) is 27.6 Å². The molecule has 29 heavy (non-hydrogen) atoms. The quantitative estimate of drug-likeness (QED) is 0.695. The molecule has 1 heterocycles. The number of aromatic nitrogens is 1. The number of hydrogen-bond acceptors (Lipinski definition) is 4. The Bertz CT molecular complexity index is 1120. The lowest BCUT2D eigenvalue weighted by Gasteiger charge is -2.18. The lowest BCUT2D eigenvalue weighted by Crippen LogP contribution is -2.34. The first-order chi connectivity index (χ1) is 13.8. The molecule has 1 N–H and O–H groups in total. The van der Waals surface area contributed by atoms with Gasteiger partial charge < -0.3 is 14.8 Å². The summed E-state index contributed by atoms with van der Waals surface area (Å²) in [5.74, 6) is 0.994. The smallest absolute Gasteiger partial charge is 0.251 e. The molecule has 0 aliphatic heterocycles. The summed E-state index contributed by atoms with van der Waals surface area (Å²) in [5, 5.41) is 3.94. The second-order valence-electron chi connectivity index (χ2n) is 7.13. The average molecular weight is 394 g/mol. The molecule has 0 bridgehead atoms. The number of nitrogens with zero attached hydrogens (tertiary/aromatic N) is 1. The number of nitrogens with one attached hydrogen (secondary N) is 1. The fourth-order valence-corrected chi connectivity index (χ4v) is 3.58. The maximum atomic E-state index is 12.7. The third-order valence-electron chi connectivity index (χ3n) is 5.13. The molecular weight excluding hydrogens is 368 g/mol. The summed E-state index contributed by atoms with van der Waals surface area (Å²) in [6.07, 6.45) is 0. The summed E-state index contributed by atoms with van der Waals surface area (Å²) in [7, 11) is 3.15. The van der Waals surface area contributed by atoms with E-state index in [1.807, 2.05) is 51.1 Å². The van der Waals surface area contributed by atoms with Crippen molar-refractivity contribution in [3.63, 3.8) is 0 Å². The second-order valence-corrected chi connectivity index (χ2v) is 7.13. The molecule has 0 radical (unpaired) electrons. The van der Waals surface area contributed by atoms with E-state index in [0.29, 0.717) is 11.5 Å². The van der Waals surface area contributed by atoms with E-state index >= 15 is 0 Å². The summed E-state index contributed by atoms with van der Waals surface area (Å²) in [4.78, 5) is 25.3. The van der Waals surface area contributed by atoms with E-state index in [9.17, 15) is 9.59 Å². The highest BCUT2D eigenvalue weighted by Crippen LogP contribution is 2.30. The number of ether oxygens (including phenoxy) is 2. The van der Waals surface area contributed by atoms with Crippen molar-refractivity contribution in [1.29, 1.82) is 0 Å². The molecule has 2 aromatic carbocycles. The van der Waals surface area contributed by atoms with Gasteiger partial charge in [-0.15, -0.1) is 0 Å². The van der Waals surface area contributed by atoms with Crippen LogP contribution in [0.5, 0.6) is 11.5 Å². The van der Waals surface area contributed by atoms with Crippen molar-refractivity contribution in [3.05, 3.63) is 69.5 Å². The monoisotopic (exact) mass is 394 g/mol. The topological polar surface area (TPSA) is 69.6 Å². The largest absolute Gasteiger partial charge is 0.493 e. The maximum Gasteiger partial charge on any atom is 0.251 e. The Morgan fingerprint density at radius 3 is 2.45 bits per heavy atom. The second kappa shape index (κ2) is 8.39. The van der Waals surface area contributed by atoms with Crippen LogP contribution in [-0.2, 0) is 11.3 Å². The predicted molar refractivity (Wildman–Crippen MR) is 114 cm³/mol. The van der Waals surface area contributed by atoms with Crippen LogP contribution < -0.4 is 20.3 Å². The molecule has 1 aromatic heterocycles. The van der Waals surface area contributed by atoms with Crippen LogP contribution in [0.15, 0.2) is 47.3 Å². The van der Waals surface area contributed by atoms with Crippen LogP contribution in [0.4, 0.5) is 0 Å². The summed E-state index contributed by atoms with van der Waals surface area (Å²) in [6.45, 7) is 5.70. The molecule has 0 aliphatic rings. The van der Waals surface area contributed by atoms with Gasteiger partial charge in [-0.3, -0.25) is 14.2 Å². The minimum absolute atomic E-state index is 0.0436. The number of pyridine rings is 1. The van der Waals surface area contributed by atoms with Crippen LogP contribution in [0.25, 0.3) is 10.9 Å². The average Bonchev–Trinajstić information content (AvgIpc) is 2.70. The molecule has 3 rings (SSSR count). The summed E-state index contributed by atoms with van der Waals surface area (Å²) >= 11 is 0. The number of methoxy groups -OCH3 is 2. The molecule has 152 valence electrons. The van der Waals surface area contributed by atoms with Gasteiger partial charge in [0.05, 0.1) is 25.8 Å². The number of aryl methyl sites for hydroxylation is 2. The molecule has 1 amide bonds. The maximum absolute atomic E-state index is 12.7. The standard InChI is InChI=1S/C23H26N2O4/c1-14-7-6-8-18-15(2)11-22(27)25(23(14)18)13-21(26)24-16(3)17-9-10-19(28-4)20(12-17)29-5/h6-12,16H,13H2,1-5H3,(H,24,26). The van der Waals surface area contributed by atoms with E-state index in [-0.39, 0.29) is 24.1 Å². The first kappa shape index (κ1) is 20.5. The number of para-hydroxylation sites is 1. The van der Waals surface area contributed by atoms with Crippen LogP contribution in [0.3, 0.4) is 0 Å². The Hall–Kier alpha value is -3.28. The third kappa shape index (κ3) is 4.11. The van der Waals surface area contributed by atoms with Gasteiger partial charge in [0.1, 0.15) is 6.54 Å². The number of amides is 1. The Kier molecular flexibility index (Phi) is 5.92. The van der Waals surface area contributed by atoms with Crippen LogP contribution in [0.2, 0.25) is 0 Å². The molecule has 3 aromatic rings. The Balaban J connectivity index is 1.86. The van der Waals surface area contributed by atoms with Gasteiger partial charge in [0.25, 0.3) is 5.56 Å². The van der Waals surface area contributed by atoms with Crippen molar-refractivity contribution in [2.45, 2.75) is 33.4 Å². The van der Waals surface area contributed by atoms with Gasteiger partial charge in [0, 0.05) is 11.5 Å². The highest BCUT2D eigenvalue weighted by molar-refractivity contribution is 5.87.